The highest BCUT2D eigenvalue weighted by Gasteiger charge is 2.22. The highest BCUT2D eigenvalue weighted by atomic mass is 35.9. The van der Waals surface area contributed by atoms with E-state index in [1.54, 1.807) is 0 Å². The fourth-order valence-corrected chi connectivity index (χ4v) is 1.93. The molecule has 0 aliphatic carbocycles. The van der Waals surface area contributed by atoms with E-state index >= 15 is 0 Å². The summed E-state index contributed by atoms with van der Waals surface area (Å²) in [6, 6.07) is 0. The molecule has 0 radical (unpaired) electrons. The summed E-state index contributed by atoms with van der Waals surface area (Å²) in [5.74, 6) is 4.53. The molecule has 0 unspecified atom stereocenters. The summed E-state index contributed by atoms with van der Waals surface area (Å²) in [5.41, 5.74) is 0. The van der Waals surface area contributed by atoms with E-state index in [0.717, 1.165) is 0 Å². The number of hydrogen-bond acceptors (Lipinski definition) is 4. The Balaban J connectivity index is 4.02. The molecular weight excluding hydrogens is 274 g/mol. The lowest BCUT2D eigenvalue weighted by molar-refractivity contribution is 0.0136. The van der Waals surface area contributed by atoms with Crippen LogP contribution in [0.5, 0.6) is 0 Å². The summed E-state index contributed by atoms with van der Waals surface area (Å²) in [4.78, 5) is 0. The number of terminal acetylenes is 2. The van der Waals surface area contributed by atoms with Gasteiger partial charge in [-0.1, -0.05) is 11.8 Å². The Labute approximate surface area is 105 Å². The van der Waals surface area contributed by atoms with Crippen molar-refractivity contribution in [3.8, 4) is 24.7 Å². The largest absolute Gasteiger partial charge is 0.380 e. The summed E-state index contributed by atoms with van der Waals surface area (Å²) in [7, 11) is 0. The van der Waals surface area contributed by atoms with Crippen molar-refractivity contribution in [2.24, 2.45) is 0 Å². The van der Waals surface area contributed by atoms with Crippen molar-refractivity contribution in [3.63, 3.8) is 0 Å². The smallest absolute Gasteiger partial charge is 0.366 e. The van der Waals surface area contributed by atoms with Gasteiger partial charge < -0.3 is 9.47 Å². The molecule has 0 aliphatic heterocycles. The van der Waals surface area contributed by atoms with E-state index in [9.17, 15) is 4.57 Å². The Bertz CT molecular complexity index is 294. The van der Waals surface area contributed by atoms with Crippen LogP contribution in [-0.4, -0.2) is 32.5 Å². The topological polar surface area (TPSA) is 44.8 Å². The molecule has 0 spiro atoms. The molecule has 0 fully saturated rings. The van der Waals surface area contributed by atoms with Gasteiger partial charge in [0.15, 0.2) is 0 Å². The molecule has 0 aromatic heterocycles. The first-order chi connectivity index (χ1) is 7.49. The van der Waals surface area contributed by atoms with Gasteiger partial charge in [-0.3, -0.25) is 9.09 Å². The van der Waals surface area contributed by atoms with Gasteiger partial charge in [-0.25, -0.2) is 0 Å². The fraction of sp³-hybridized carbons (Fsp3) is 0.556. The third-order valence-electron chi connectivity index (χ3n) is 1.25. The molecule has 0 N–H and O–H groups in total. The molecular formula is C9H11Cl2O4P. The zero-order valence-electron chi connectivity index (χ0n) is 8.40. The predicted molar refractivity (Wildman–Crippen MR) is 63.5 cm³/mol. The molecule has 0 aromatic carbocycles. The molecule has 0 amide bonds. The Morgan fingerprint density at radius 1 is 1.12 bits per heavy atom. The predicted octanol–water partition coefficient (Wildman–Crippen LogP) is 2.26. The number of hydrogen-bond donors (Lipinski definition) is 0. The molecule has 90 valence electrons. The Morgan fingerprint density at radius 3 is 1.88 bits per heavy atom. The maximum Gasteiger partial charge on any atom is 0.380 e. The Morgan fingerprint density at radius 2 is 1.56 bits per heavy atom. The van der Waals surface area contributed by atoms with Gasteiger partial charge in [0, 0.05) is 0 Å². The van der Waals surface area contributed by atoms with Gasteiger partial charge in [0.25, 0.3) is 0 Å². The van der Waals surface area contributed by atoms with Crippen molar-refractivity contribution in [2.45, 2.75) is 6.10 Å². The third-order valence-corrected chi connectivity index (χ3v) is 2.27. The fourth-order valence-electron chi connectivity index (χ4n) is 0.781. The summed E-state index contributed by atoms with van der Waals surface area (Å²) >= 11 is 10.5. The molecule has 16 heavy (non-hydrogen) atoms. The van der Waals surface area contributed by atoms with Crippen molar-refractivity contribution >= 4 is 28.6 Å². The highest BCUT2D eigenvalue weighted by molar-refractivity contribution is 8.05. The molecule has 0 aliphatic rings. The van der Waals surface area contributed by atoms with E-state index in [4.69, 9.17) is 49.3 Å². The average molecular weight is 285 g/mol. The lowest BCUT2D eigenvalue weighted by Gasteiger charge is -2.17. The van der Waals surface area contributed by atoms with E-state index in [-0.39, 0.29) is 26.4 Å². The van der Waals surface area contributed by atoms with Crippen LogP contribution in [0.4, 0.5) is 0 Å². The van der Waals surface area contributed by atoms with Crippen molar-refractivity contribution in [2.75, 3.05) is 26.4 Å². The second-order valence-corrected chi connectivity index (χ2v) is 6.81. The lowest BCUT2D eigenvalue weighted by atomic mass is 10.4. The van der Waals surface area contributed by atoms with Gasteiger partial charge in [-0.15, -0.1) is 12.8 Å². The second-order valence-electron chi connectivity index (χ2n) is 2.58. The molecule has 0 heterocycles. The van der Waals surface area contributed by atoms with Crippen molar-refractivity contribution in [1.82, 2.24) is 0 Å². The second kappa shape index (κ2) is 8.90. The van der Waals surface area contributed by atoms with Crippen LogP contribution in [0.15, 0.2) is 0 Å². The minimum Gasteiger partial charge on any atom is -0.366 e. The van der Waals surface area contributed by atoms with Crippen molar-refractivity contribution in [1.29, 1.82) is 0 Å². The van der Waals surface area contributed by atoms with Gasteiger partial charge in [-0.2, -0.15) is 0 Å². The van der Waals surface area contributed by atoms with Crippen molar-refractivity contribution < 1.29 is 18.6 Å². The lowest BCUT2D eigenvalue weighted by Crippen LogP contribution is -2.24. The third kappa shape index (κ3) is 10.3. The average Bonchev–Trinajstić information content (AvgIpc) is 2.16. The Kier molecular flexibility index (Phi) is 8.80. The Hall–Kier alpha value is -0.190. The molecule has 0 rings (SSSR count). The molecule has 0 saturated carbocycles. The van der Waals surface area contributed by atoms with Crippen LogP contribution < -0.4 is 0 Å². The zero-order chi connectivity index (χ0) is 12.4. The van der Waals surface area contributed by atoms with E-state index < -0.39 is 12.2 Å². The molecule has 0 bridgehead atoms. The van der Waals surface area contributed by atoms with Gasteiger partial charge in [0.1, 0.15) is 19.3 Å². The maximum atomic E-state index is 11.0. The summed E-state index contributed by atoms with van der Waals surface area (Å²) in [6.45, 7) is 0.337. The number of rotatable bonds is 8. The zero-order valence-corrected chi connectivity index (χ0v) is 10.8. The standard InChI is InChI=1S/C9H11Cl2O4P/c1-3-5-13-7-9(8-14-6-4-2)15-16(10,11)12/h1-2,9H,5-8H2. The van der Waals surface area contributed by atoms with Crippen LogP contribution in [-0.2, 0) is 18.6 Å². The van der Waals surface area contributed by atoms with E-state index in [1.807, 2.05) is 0 Å². The van der Waals surface area contributed by atoms with Gasteiger partial charge in [0.05, 0.1) is 13.2 Å². The minimum absolute atomic E-state index is 0.0677. The van der Waals surface area contributed by atoms with Crippen LogP contribution in [0, 0.1) is 24.7 Å². The van der Waals surface area contributed by atoms with Crippen LogP contribution >= 0.6 is 28.6 Å². The maximum absolute atomic E-state index is 11.0. The van der Waals surface area contributed by atoms with Gasteiger partial charge in [-0.05, 0) is 22.5 Å². The monoisotopic (exact) mass is 284 g/mol. The number of ether oxygens (including phenoxy) is 2. The first-order valence-corrected chi connectivity index (χ1v) is 7.63. The summed E-state index contributed by atoms with van der Waals surface area (Å²) in [5, 5.41) is 0. The molecule has 0 aromatic rings. The minimum atomic E-state index is -3.64. The van der Waals surface area contributed by atoms with Crippen LogP contribution in [0.3, 0.4) is 0 Å². The molecule has 0 atom stereocenters. The highest BCUT2D eigenvalue weighted by Crippen LogP contribution is 2.58. The van der Waals surface area contributed by atoms with Crippen molar-refractivity contribution in [3.05, 3.63) is 0 Å². The van der Waals surface area contributed by atoms with Crippen LogP contribution in [0.25, 0.3) is 0 Å². The van der Waals surface area contributed by atoms with Crippen LogP contribution in [0.2, 0.25) is 0 Å². The molecule has 0 saturated heterocycles. The van der Waals surface area contributed by atoms with Crippen LogP contribution in [0.1, 0.15) is 0 Å². The first kappa shape index (κ1) is 15.8. The van der Waals surface area contributed by atoms with Gasteiger partial charge in [0.2, 0.25) is 0 Å². The quantitative estimate of drug-likeness (QED) is 0.390. The van der Waals surface area contributed by atoms with Gasteiger partial charge >= 0.3 is 6.07 Å². The summed E-state index contributed by atoms with van der Waals surface area (Å²) < 4.78 is 25.8. The molecule has 4 nitrogen and oxygen atoms in total. The first-order valence-electron chi connectivity index (χ1n) is 4.19. The number of halogens is 2. The van der Waals surface area contributed by atoms with E-state index in [2.05, 4.69) is 11.8 Å². The normalized spacial score (nSPS) is 11.1. The molecule has 7 heteroatoms. The summed E-state index contributed by atoms with van der Waals surface area (Å²) in [6.07, 6.45) is 5.65. The van der Waals surface area contributed by atoms with E-state index in [0.29, 0.717) is 0 Å². The van der Waals surface area contributed by atoms with E-state index in [1.165, 1.54) is 0 Å². The SMILES string of the molecule is C#CCOCC(COCC#C)OP(=O)(Cl)Cl.